The van der Waals surface area contributed by atoms with E-state index in [1.54, 1.807) is 6.07 Å². The zero-order valence-electron chi connectivity index (χ0n) is 10.4. The second-order valence-electron chi connectivity index (χ2n) is 4.37. The van der Waals surface area contributed by atoms with Gasteiger partial charge in [0.05, 0.1) is 0 Å². The molecule has 4 nitrogen and oxygen atoms in total. The maximum absolute atomic E-state index is 9.91. The molecule has 0 saturated carbocycles. The van der Waals surface area contributed by atoms with E-state index in [-0.39, 0.29) is 25.1 Å². The fourth-order valence-corrected chi connectivity index (χ4v) is 2.42. The number of nitrogens with one attached hydrogen (secondary N) is 1. The van der Waals surface area contributed by atoms with Crippen molar-refractivity contribution < 1.29 is 10.2 Å². The smallest absolute Gasteiger partial charge is 0.120 e. The molecular formula is C13H21ClN2O2. The van der Waals surface area contributed by atoms with Gasteiger partial charge in [0.15, 0.2) is 0 Å². The Labute approximate surface area is 114 Å². The number of rotatable bonds is 4. The topological polar surface area (TPSA) is 55.7 Å². The molecule has 0 radical (unpaired) electrons. The van der Waals surface area contributed by atoms with E-state index < -0.39 is 0 Å². The first kappa shape index (κ1) is 15.2. The predicted molar refractivity (Wildman–Crippen MR) is 74.2 cm³/mol. The van der Waals surface area contributed by atoms with E-state index in [4.69, 9.17) is 0 Å². The fraction of sp³-hybridized carbons (Fsp3) is 0.538. The van der Waals surface area contributed by atoms with Crippen molar-refractivity contribution in [3.8, 4) is 5.75 Å². The van der Waals surface area contributed by atoms with Crippen LogP contribution in [0.1, 0.15) is 18.0 Å². The van der Waals surface area contributed by atoms with E-state index in [2.05, 4.69) is 10.2 Å². The van der Waals surface area contributed by atoms with Gasteiger partial charge in [-0.2, -0.15) is 0 Å². The largest absolute Gasteiger partial charge is 0.508 e. The van der Waals surface area contributed by atoms with Crippen molar-refractivity contribution in [3.63, 3.8) is 0 Å². The minimum absolute atomic E-state index is 0. The maximum Gasteiger partial charge on any atom is 0.120 e. The lowest BCUT2D eigenvalue weighted by molar-refractivity contribution is 0.139. The summed E-state index contributed by atoms with van der Waals surface area (Å²) in [5.74, 6) is 0.324. The summed E-state index contributed by atoms with van der Waals surface area (Å²) in [5.41, 5.74) is 0.920. The summed E-state index contributed by atoms with van der Waals surface area (Å²) in [6, 6.07) is 7.52. The molecule has 0 bridgehead atoms. The lowest BCUT2D eigenvalue weighted by Gasteiger charge is -2.35. The maximum atomic E-state index is 9.91. The van der Waals surface area contributed by atoms with Crippen LogP contribution in [0.15, 0.2) is 24.3 Å². The summed E-state index contributed by atoms with van der Waals surface area (Å²) in [5, 5.41) is 22.4. The van der Waals surface area contributed by atoms with E-state index >= 15 is 0 Å². The second-order valence-corrected chi connectivity index (χ2v) is 4.37. The molecular weight excluding hydrogens is 252 g/mol. The summed E-state index contributed by atoms with van der Waals surface area (Å²) >= 11 is 0. The van der Waals surface area contributed by atoms with Gasteiger partial charge in [-0.25, -0.2) is 0 Å². The van der Waals surface area contributed by atoms with Crippen molar-refractivity contribution >= 4 is 12.4 Å². The molecule has 102 valence electrons. The van der Waals surface area contributed by atoms with Gasteiger partial charge in [-0.05, 0) is 12.5 Å². The van der Waals surface area contributed by atoms with E-state index in [1.807, 2.05) is 18.2 Å². The summed E-state index contributed by atoms with van der Waals surface area (Å²) in [4.78, 5) is 2.32. The monoisotopic (exact) mass is 272 g/mol. The van der Waals surface area contributed by atoms with Gasteiger partial charge in [-0.15, -0.1) is 12.4 Å². The molecule has 1 saturated heterocycles. The van der Waals surface area contributed by atoms with Gasteiger partial charge in [0.25, 0.3) is 0 Å². The average Bonchev–Trinajstić information content (AvgIpc) is 2.38. The quantitative estimate of drug-likeness (QED) is 0.770. The summed E-state index contributed by atoms with van der Waals surface area (Å²) in [6.07, 6.45) is 0.664. The molecule has 1 aliphatic heterocycles. The Balaban J connectivity index is 0.00000162. The van der Waals surface area contributed by atoms with Crippen molar-refractivity contribution in [1.82, 2.24) is 10.2 Å². The summed E-state index contributed by atoms with van der Waals surface area (Å²) < 4.78 is 0. The molecule has 1 heterocycles. The Morgan fingerprint density at radius 1 is 1.22 bits per heavy atom. The first-order chi connectivity index (χ1) is 8.33. The van der Waals surface area contributed by atoms with Gasteiger partial charge in [0.2, 0.25) is 0 Å². The van der Waals surface area contributed by atoms with Crippen LogP contribution < -0.4 is 5.32 Å². The average molecular weight is 273 g/mol. The third-order valence-corrected chi connectivity index (χ3v) is 3.29. The van der Waals surface area contributed by atoms with Crippen molar-refractivity contribution in [2.45, 2.75) is 12.5 Å². The number of benzene rings is 1. The third kappa shape index (κ3) is 3.59. The van der Waals surface area contributed by atoms with Crippen molar-refractivity contribution in [2.75, 3.05) is 32.8 Å². The van der Waals surface area contributed by atoms with Gasteiger partial charge in [0, 0.05) is 44.4 Å². The normalized spacial score (nSPS) is 18.1. The molecule has 0 aliphatic carbocycles. The zero-order valence-corrected chi connectivity index (χ0v) is 11.2. The third-order valence-electron chi connectivity index (χ3n) is 3.29. The molecule has 3 N–H and O–H groups in total. The predicted octanol–water partition coefficient (Wildman–Crippen LogP) is 1.14. The van der Waals surface area contributed by atoms with Gasteiger partial charge >= 0.3 is 0 Å². The Bertz CT molecular complexity index is 357. The van der Waals surface area contributed by atoms with Crippen LogP contribution in [-0.2, 0) is 0 Å². The Morgan fingerprint density at radius 3 is 2.50 bits per heavy atom. The minimum atomic E-state index is 0. The van der Waals surface area contributed by atoms with Crippen LogP contribution in [0, 0.1) is 0 Å². The van der Waals surface area contributed by atoms with Gasteiger partial charge < -0.3 is 15.5 Å². The molecule has 0 amide bonds. The number of hydrogen-bond donors (Lipinski definition) is 3. The molecule has 2 rings (SSSR count). The highest BCUT2D eigenvalue weighted by Crippen LogP contribution is 2.30. The zero-order chi connectivity index (χ0) is 12.1. The highest BCUT2D eigenvalue weighted by molar-refractivity contribution is 5.85. The Morgan fingerprint density at radius 2 is 1.89 bits per heavy atom. The molecule has 18 heavy (non-hydrogen) atoms. The number of nitrogens with zero attached hydrogens (tertiary/aromatic N) is 1. The Hall–Kier alpha value is -0.810. The molecule has 0 spiro atoms. The first-order valence-electron chi connectivity index (χ1n) is 6.16. The van der Waals surface area contributed by atoms with Gasteiger partial charge in [-0.1, -0.05) is 18.2 Å². The molecule has 0 unspecified atom stereocenters. The number of aromatic hydroxyl groups is 1. The lowest BCUT2D eigenvalue weighted by atomic mass is 10.0. The number of hydrogen-bond acceptors (Lipinski definition) is 4. The first-order valence-corrected chi connectivity index (χ1v) is 6.16. The van der Waals surface area contributed by atoms with Crippen molar-refractivity contribution in [2.24, 2.45) is 0 Å². The van der Waals surface area contributed by atoms with Crippen LogP contribution >= 0.6 is 12.4 Å². The van der Waals surface area contributed by atoms with Crippen molar-refractivity contribution in [1.29, 1.82) is 0 Å². The molecule has 1 atom stereocenters. The SMILES string of the molecule is Cl.OCC[C@@H](c1ccccc1O)N1CCNCC1. The number of piperazine rings is 1. The highest BCUT2D eigenvalue weighted by Gasteiger charge is 2.23. The molecule has 5 heteroatoms. The molecule has 1 aromatic carbocycles. The summed E-state index contributed by atoms with van der Waals surface area (Å²) in [7, 11) is 0. The van der Waals surface area contributed by atoms with Crippen LogP contribution in [0.4, 0.5) is 0 Å². The van der Waals surface area contributed by atoms with Crippen LogP contribution in [0.3, 0.4) is 0 Å². The molecule has 0 aromatic heterocycles. The van der Waals surface area contributed by atoms with Crippen LogP contribution in [0.25, 0.3) is 0 Å². The Kier molecular flexibility index (Phi) is 6.43. The number of phenolic OH excluding ortho intramolecular Hbond substituents is 1. The van der Waals surface area contributed by atoms with Crippen molar-refractivity contribution in [3.05, 3.63) is 29.8 Å². The van der Waals surface area contributed by atoms with Gasteiger partial charge in [0.1, 0.15) is 5.75 Å². The summed E-state index contributed by atoms with van der Waals surface area (Å²) in [6.45, 7) is 3.99. The van der Waals surface area contributed by atoms with Crippen LogP contribution in [0.5, 0.6) is 5.75 Å². The minimum Gasteiger partial charge on any atom is -0.508 e. The van der Waals surface area contributed by atoms with Crippen LogP contribution in [0.2, 0.25) is 0 Å². The van der Waals surface area contributed by atoms with Gasteiger partial charge in [-0.3, -0.25) is 4.90 Å². The standard InChI is InChI=1S/C13H20N2O2.ClH/c16-10-5-12(15-8-6-14-7-9-15)11-3-1-2-4-13(11)17;/h1-4,12,14,16-17H,5-10H2;1H/t12-;/m0./s1. The molecule has 1 aliphatic rings. The van der Waals surface area contributed by atoms with E-state index in [0.717, 1.165) is 31.7 Å². The lowest BCUT2D eigenvalue weighted by Crippen LogP contribution is -2.45. The van der Waals surface area contributed by atoms with E-state index in [0.29, 0.717) is 12.2 Å². The molecule has 1 fully saturated rings. The van der Waals surface area contributed by atoms with E-state index in [1.165, 1.54) is 0 Å². The number of aliphatic hydroxyl groups excluding tert-OH is 1. The van der Waals surface area contributed by atoms with Crippen LogP contribution in [-0.4, -0.2) is 47.9 Å². The second kappa shape index (κ2) is 7.59. The molecule has 1 aromatic rings. The highest BCUT2D eigenvalue weighted by atomic mass is 35.5. The fourth-order valence-electron chi connectivity index (χ4n) is 2.42. The number of phenols is 1. The number of halogens is 1. The van der Waals surface area contributed by atoms with E-state index in [9.17, 15) is 10.2 Å². The number of para-hydroxylation sites is 1. The number of aliphatic hydroxyl groups is 1.